The van der Waals surface area contributed by atoms with Crippen molar-refractivity contribution < 1.29 is 13.2 Å². The first-order valence-corrected chi connectivity index (χ1v) is 9.40. The normalized spacial score (nSPS) is 22.1. The molecule has 0 radical (unpaired) electrons. The number of hydrogen-bond acceptors (Lipinski definition) is 3. The smallest absolute Gasteiger partial charge is 0.252 e. The molecular weight excluding hydrogens is 298 g/mol. The lowest BCUT2D eigenvalue weighted by molar-refractivity contribution is 0.0943. The van der Waals surface area contributed by atoms with Crippen LogP contribution < -0.4 is 5.32 Å². The Morgan fingerprint density at radius 3 is 2.59 bits per heavy atom. The Bertz CT molecular complexity index is 876. The third-order valence-corrected chi connectivity index (χ3v) is 6.46. The maximum atomic E-state index is 12.6. The molecule has 4 nitrogen and oxygen atoms in total. The van der Waals surface area contributed by atoms with E-state index < -0.39 is 9.84 Å². The fraction of sp³-hybridized carbons (Fsp3) is 0.353. The highest BCUT2D eigenvalue weighted by atomic mass is 32.2. The number of aryl methyl sites for hydroxylation is 2. The van der Waals surface area contributed by atoms with Crippen LogP contribution in [-0.4, -0.2) is 31.9 Å². The van der Waals surface area contributed by atoms with Crippen LogP contribution >= 0.6 is 0 Å². The van der Waals surface area contributed by atoms with E-state index in [2.05, 4.69) is 11.4 Å². The van der Waals surface area contributed by atoms with Crippen LogP contribution in [-0.2, 0) is 22.7 Å². The van der Waals surface area contributed by atoms with Gasteiger partial charge in [0.25, 0.3) is 5.91 Å². The molecule has 2 aromatic carbocycles. The quantitative estimate of drug-likeness (QED) is 0.920. The number of carbonyl (C=O) groups is 1. The molecule has 0 aromatic heterocycles. The van der Waals surface area contributed by atoms with Crippen molar-refractivity contribution in [3.63, 3.8) is 0 Å². The number of amides is 1. The highest BCUT2D eigenvalue weighted by molar-refractivity contribution is 7.91. The molecule has 1 aliphatic heterocycles. The third-order valence-electron chi connectivity index (χ3n) is 4.69. The Morgan fingerprint density at radius 1 is 1.09 bits per heavy atom. The SMILES string of the molecule is O=C(NC1CCS(=O)(=O)C1)c1ccc2c3c(cccc13)CC2. The van der Waals surface area contributed by atoms with Gasteiger partial charge in [-0.2, -0.15) is 0 Å². The first-order valence-electron chi connectivity index (χ1n) is 7.58. The van der Waals surface area contributed by atoms with E-state index >= 15 is 0 Å². The predicted molar refractivity (Wildman–Crippen MR) is 85.9 cm³/mol. The zero-order valence-electron chi connectivity index (χ0n) is 12.1. The first-order chi connectivity index (χ1) is 10.5. The maximum absolute atomic E-state index is 12.6. The van der Waals surface area contributed by atoms with Gasteiger partial charge >= 0.3 is 0 Å². The van der Waals surface area contributed by atoms with E-state index in [0.717, 1.165) is 18.2 Å². The summed E-state index contributed by atoms with van der Waals surface area (Å²) in [5.74, 6) is 0.0552. The Morgan fingerprint density at radius 2 is 1.86 bits per heavy atom. The van der Waals surface area contributed by atoms with Gasteiger partial charge in [0.1, 0.15) is 0 Å². The van der Waals surface area contributed by atoms with Crippen LogP contribution in [0.3, 0.4) is 0 Å². The Balaban J connectivity index is 1.69. The predicted octanol–water partition coefficient (Wildman–Crippen LogP) is 1.86. The van der Waals surface area contributed by atoms with Gasteiger partial charge in [0.15, 0.2) is 9.84 Å². The molecule has 1 amide bonds. The zero-order chi connectivity index (χ0) is 15.3. The molecule has 114 valence electrons. The molecule has 1 aliphatic carbocycles. The van der Waals surface area contributed by atoms with Crippen molar-refractivity contribution in [3.8, 4) is 0 Å². The number of nitrogens with one attached hydrogen (secondary N) is 1. The van der Waals surface area contributed by atoms with Crippen LogP contribution in [0.25, 0.3) is 10.8 Å². The molecule has 2 aliphatic rings. The average molecular weight is 315 g/mol. The van der Waals surface area contributed by atoms with Crippen LogP contribution in [0, 0.1) is 0 Å². The van der Waals surface area contributed by atoms with Gasteiger partial charge in [-0.1, -0.05) is 24.3 Å². The Hall–Kier alpha value is -1.88. The molecule has 1 fully saturated rings. The summed E-state index contributed by atoms with van der Waals surface area (Å²) in [5, 5.41) is 5.06. The van der Waals surface area contributed by atoms with Crippen molar-refractivity contribution in [1.29, 1.82) is 0 Å². The summed E-state index contributed by atoms with van der Waals surface area (Å²) in [6, 6.07) is 9.72. The maximum Gasteiger partial charge on any atom is 0.252 e. The average Bonchev–Trinajstić information content (AvgIpc) is 3.04. The molecule has 2 aromatic rings. The van der Waals surface area contributed by atoms with E-state index in [-0.39, 0.29) is 23.5 Å². The third kappa shape index (κ3) is 2.20. The minimum absolute atomic E-state index is 0.0556. The van der Waals surface area contributed by atoms with Crippen molar-refractivity contribution >= 4 is 26.5 Å². The Labute approximate surface area is 129 Å². The summed E-state index contributed by atoms with van der Waals surface area (Å²) in [6.07, 6.45) is 2.56. The first kappa shape index (κ1) is 13.8. The van der Waals surface area contributed by atoms with Gasteiger partial charge in [-0.25, -0.2) is 8.42 Å². The van der Waals surface area contributed by atoms with E-state index in [0.29, 0.717) is 12.0 Å². The topological polar surface area (TPSA) is 63.2 Å². The van der Waals surface area contributed by atoms with Crippen molar-refractivity contribution in [2.75, 3.05) is 11.5 Å². The van der Waals surface area contributed by atoms with E-state index in [1.807, 2.05) is 24.3 Å². The molecule has 0 saturated carbocycles. The number of hydrogen-bond donors (Lipinski definition) is 1. The molecule has 5 heteroatoms. The summed E-state index contributed by atoms with van der Waals surface area (Å²) >= 11 is 0. The van der Waals surface area contributed by atoms with E-state index in [9.17, 15) is 13.2 Å². The second-order valence-corrected chi connectivity index (χ2v) is 8.41. The summed E-state index contributed by atoms with van der Waals surface area (Å²) in [4.78, 5) is 12.6. The molecule has 0 bridgehead atoms. The fourth-order valence-electron chi connectivity index (χ4n) is 3.62. The monoisotopic (exact) mass is 315 g/mol. The fourth-order valence-corrected chi connectivity index (χ4v) is 5.29. The van der Waals surface area contributed by atoms with Crippen molar-refractivity contribution in [3.05, 3.63) is 47.0 Å². The minimum Gasteiger partial charge on any atom is -0.348 e. The highest BCUT2D eigenvalue weighted by Gasteiger charge is 2.29. The molecule has 0 spiro atoms. The molecule has 1 saturated heterocycles. The lowest BCUT2D eigenvalue weighted by Gasteiger charge is -2.13. The van der Waals surface area contributed by atoms with Crippen LogP contribution in [0.2, 0.25) is 0 Å². The number of carbonyl (C=O) groups excluding carboxylic acids is 1. The van der Waals surface area contributed by atoms with Crippen molar-refractivity contribution in [2.24, 2.45) is 0 Å². The van der Waals surface area contributed by atoms with Gasteiger partial charge in [-0.05, 0) is 47.2 Å². The molecule has 1 unspecified atom stereocenters. The molecule has 1 atom stereocenters. The zero-order valence-corrected chi connectivity index (χ0v) is 12.9. The number of sulfone groups is 1. The Kier molecular flexibility index (Phi) is 3.01. The van der Waals surface area contributed by atoms with Crippen molar-refractivity contribution in [1.82, 2.24) is 5.32 Å². The van der Waals surface area contributed by atoms with Crippen LogP contribution in [0.1, 0.15) is 27.9 Å². The van der Waals surface area contributed by atoms with Gasteiger partial charge in [-0.3, -0.25) is 4.79 Å². The minimum atomic E-state index is -2.98. The molecule has 22 heavy (non-hydrogen) atoms. The van der Waals surface area contributed by atoms with Crippen LogP contribution in [0.4, 0.5) is 0 Å². The molecule has 1 N–H and O–H groups in total. The molecule has 1 heterocycles. The number of rotatable bonds is 2. The van der Waals surface area contributed by atoms with Gasteiger partial charge < -0.3 is 5.32 Å². The van der Waals surface area contributed by atoms with E-state index in [1.54, 1.807) is 0 Å². The van der Waals surface area contributed by atoms with Gasteiger partial charge in [0.05, 0.1) is 11.5 Å². The van der Waals surface area contributed by atoms with E-state index in [4.69, 9.17) is 0 Å². The summed E-state index contributed by atoms with van der Waals surface area (Å²) in [7, 11) is -2.98. The largest absolute Gasteiger partial charge is 0.348 e. The van der Waals surface area contributed by atoms with Gasteiger partial charge in [0.2, 0.25) is 0 Å². The molecule has 4 rings (SSSR count). The summed E-state index contributed by atoms with van der Waals surface area (Å²) < 4.78 is 23.0. The van der Waals surface area contributed by atoms with E-state index in [1.165, 1.54) is 16.5 Å². The second kappa shape index (κ2) is 4.81. The molecular formula is C17H17NO3S. The standard InChI is InChI=1S/C17H17NO3S/c19-17(18-13-8-9-22(20,21)10-13)15-7-6-12-5-4-11-2-1-3-14(15)16(11)12/h1-3,6-7,13H,4-5,8-10H2,(H,18,19). The lowest BCUT2D eigenvalue weighted by Crippen LogP contribution is -2.35. The van der Waals surface area contributed by atoms with Crippen LogP contribution in [0.15, 0.2) is 30.3 Å². The summed E-state index contributed by atoms with van der Waals surface area (Å²) in [5.41, 5.74) is 3.24. The van der Waals surface area contributed by atoms with Crippen molar-refractivity contribution in [2.45, 2.75) is 25.3 Å². The number of benzene rings is 2. The highest BCUT2D eigenvalue weighted by Crippen LogP contribution is 2.32. The van der Waals surface area contributed by atoms with Gasteiger partial charge in [-0.15, -0.1) is 0 Å². The summed E-state index contributed by atoms with van der Waals surface area (Å²) in [6.45, 7) is 0. The van der Waals surface area contributed by atoms with Gasteiger partial charge in [0, 0.05) is 11.6 Å². The second-order valence-electron chi connectivity index (χ2n) is 6.19. The lowest BCUT2D eigenvalue weighted by atomic mass is 9.99. The van der Waals surface area contributed by atoms with Crippen LogP contribution in [0.5, 0.6) is 0 Å².